The molecule has 3 atom stereocenters. The van der Waals surface area contributed by atoms with Gasteiger partial charge in [0.15, 0.2) is 0 Å². The first-order valence-corrected chi connectivity index (χ1v) is 11.9. The molecule has 158 valence electrons. The molecule has 1 aliphatic heterocycles. The Morgan fingerprint density at radius 2 is 1.70 bits per heavy atom. The maximum atomic E-state index is 11.6. The highest BCUT2D eigenvalue weighted by molar-refractivity contribution is 6.99. The van der Waals surface area contributed by atoms with Crippen molar-refractivity contribution in [2.75, 3.05) is 6.61 Å². The van der Waals surface area contributed by atoms with Gasteiger partial charge in [0.1, 0.15) is 12.2 Å². The molecule has 1 aliphatic rings. The van der Waals surface area contributed by atoms with Crippen molar-refractivity contribution < 1.29 is 19.1 Å². The van der Waals surface area contributed by atoms with E-state index in [9.17, 15) is 9.90 Å². The maximum absolute atomic E-state index is 11.6. The Kier molecular flexibility index (Phi) is 6.63. The first-order valence-electron chi connectivity index (χ1n) is 9.96. The van der Waals surface area contributed by atoms with Gasteiger partial charge in [-0.15, -0.1) is 0 Å². The number of carbonyl (C=O) groups excluding carboxylic acids is 1. The molecule has 1 fully saturated rings. The molecule has 2 aromatic carbocycles. The van der Waals surface area contributed by atoms with Crippen molar-refractivity contribution in [1.82, 2.24) is 0 Å². The predicted molar refractivity (Wildman–Crippen MR) is 117 cm³/mol. The van der Waals surface area contributed by atoms with E-state index in [0.29, 0.717) is 0 Å². The lowest BCUT2D eigenvalue weighted by molar-refractivity contribution is -0.142. The number of esters is 1. The molecule has 0 spiro atoms. The van der Waals surface area contributed by atoms with E-state index in [1.54, 1.807) is 0 Å². The van der Waals surface area contributed by atoms with Crippen LogP contribution in [0, 0.1) is 0 Å². The normalized spacial score (nSPS) is 20.3. The van der Waals surface area contributed by atoms with Crippen LogP contribution in [0.1, 0.15) is 27.2 Å². The van der Waals surface area contributed by atoms with Crippen LogP contribution in [0.5, 0.6) is 0 Å². The van der Waals surface area contributed by atoms with E-state index >= 15 is 0 Å². The predicted octanol–water partition coefficient (Wildman–Crippen LogP) is 2.92. The summed E-state index contributed by atoms with van der Waals surface area (Å²) in [6, 6.07) is 19.3. The summed E-state index contributed by atoms with van der Waals surface area (Å²) >= 11 is 0. The third-order valence-corrected chi connectivity index (χ3v) is 10.5. The molecule has 1 N–H and O–H groups in total. The first kappa shape index (κ1) is 22.1. The number of cyclic esters (lactones) is 1. The monoisotopic (exact) mass is 425 g/mol. The second kappa shape index (κ2) is 9.02. The van der Waals surface area contributed by atoms with Gasteiger partial charge in [0.25, 0.3) is 8.32 Å². The number of aliphatic hydroxyl groups is 1. The Bertz CT molecular complexity index is 871. The van der Waals surface area contributed by atoms with Crippen molar-refractivity contribution in [3.8, 4) is 0 Å². The number of aliphatic hydroxyl groups excluding tert-OH is 1. The van der Waals surface area contributed by atoms with Gasteiger partial charge in [-0.2, -0.15) is 0 Å². The van der Waals surface area contributed by atoms with Gasteiger partial charge in [0, 0.05) is 11.5 Å². The zero-order valence-corrected chi connectivity index (χ0v) is 18.4. The second-order valence-corrected chi connectivity index (χ2v) is 12.8. The van der Waals surface area contributed by atoms with E-state index in [-0.39, 0.29) is 18.1 Å². The molecule has 0 unspecified atom stereocenters. The number of carbonyl (C=O) groups is 1. The second-order valence-electron chi connectivity index (χ2n) is 8.47. The number of hydrogen-bond donors (Lipinski definition) is 1. The first-order chi connectivity index (χ1) is 14.3. The molecule has 1 saturated heterocycles. The summed E-state index contributed by atoms with van der Waals surface area (Å²) in [5, 5.41) is 15.9. The zero-order chi connectivity index (χ0) is 21.8. The average Bonchev–Trinajstić information content (AvgIpc) is 3.06. The van der Waals surface area contributed by atoms with Crippen molar-refractivity contribution >= 4 is 24.7 Å². The Balaban J connectivity index is 2.04. The van der Waals surface area contributed by atoms with Gasteiger partial charge in [-0.25, -0.2) is 0 Å². The molecule has 1 heterocycles. The summed E-state index contributed by atoms with van der Waals surface area (Å²) < 4.78 is 12.0. The lowest BCUT2D eigenvalue weighted by atomic mass is 10.1. The number of rotatable bonds is 7. The van der Waals surface area contributed by atoms with Crippen LogP contribution in [0.4, 0.5) is 0 Å². The minimum atomic E-state index is -2.84. The fourth-order valence-corrected chi connectivity index (χ4v) is 8.71. The number of azide groups is 1. The Hall–Kier alpha value is -2.64. The fourth-order valence-electron chi connectivity index (χ4n) is 4.13. The van der Waals surface area contributed by atoms with Crippen molar-refractivity contribution in [1.29, 1.82) is 0 Å². The standard InChI is InChI=1S/C22H27N3O4Si/c1-22(2,3)30(16-10-6-4-7-11-16,17-12-8-5-9-13-17)28-15-18(24-25-23)21-19(26)14-20(27)29-21/h4-13,18-19,21,26H,14-15H2,1-3H3/t18-,19-,21-/m1/s1. The summed E-state index contributed by atoms with van der Waals surface area (Å²) in [5.74, 6) is -0.504. The number of hydrogen-bond acceptors (Lipinski definition) is 5. The van der Waals surface area contributed by atoms with E-state index in [1.165, 1.54) is 0 Å². The SMILES string of the molecule is CC(C)(C)[Si](OC[C@@H](N=[N+]=[N-])[C@H]1OC(=O)C[C@H]1O)(c1ccccc1)c1ccccc1. The molecule has 8 heteroatoms. The fraction of sp³-hybridized carbons (Fsp3) is 0.409. The molecule has 7 nitrogen and oxygen atoms in total. The molecule has 0 saturated carbocycles. The quantitative estimate of drug-likeness (QED) is 0.242. The number of ether oxygens (including phenoxy) is 1. The molecule has 3 rings (SSSR count). The Morgan fingerprint density at radius 3 is 2.10 bits per heavy atom. The van der Waals surface area contributed by atoms with Gasteiger partial charge < -0.3 is 14.3 Å². The average molecular weight is 426 g/mol. The van der Waals surface area contributed by atoms with Gasteiger partial charge in [-0.05, 0) is 20.9 Å². The lowest BCUT2D eigenvalue weighted by Crippen LogP contribution is -2.67. The molecular formula is C22H27N3O4Si. The molecule has 0 bridgehead atoms. The molecule has 0 radical (unpaired) electrons. The van der Waals surface area contributed by atoms with Crippen LogP contribution in [0.2, 0.25) is 5.04 Å². The maximum Gasteiger partial charge on any atom is 0.308 e. The van der Waals surface area contributed by atoms with Crippen molar-refractivity contribution in [2.24, 2.45) is 5.11 Å². The van der Waals surface area contributed by atoms with Crippen molar-refractivity contribution in [3.05, 3.63) is 71.1 Å². The van der Waals surface area contributed by atoms with Crippen molar-refractivity contribution in [2.45, 2.75) is 50.5 Å². The highest BCUT2D eigenvalue weighted by atomic mass is 28.4. The largest absolute Gasteiger partial charge is 0.459 e. The topological polar surface area (TPSA) is 105 Å². The van der Waals surface area contributed by atoms with E-state index in [4.69, 9.17) is 14.7 Å². The van der Waals surface area contributed by atoms with Crippen LogP contribution in [0.3, 0.4) is 0 Å². The summed E-state index contributed by atoms with van der Waals surface area (Å²) in [5.41, 5.74) is 9.06. The molecular weight excluding hydrogens is 398 g/mol. The third-order valence-electron chi connectivity index (χ3n) is 5.49. The highest BCUT2D eigenvalue weighted by Gasteiger charge is 2.51. The van der Waals surface area contributed by atoms with Gasteiger partial charge in [0.05, 0.1) is 12.5 Å². The molecule has 0 aliphatic carbocycles. The lowest BCUT2D eigenvalue weighted by Gasteiger charge is -2.43. The van der Waals surface area contributed by atoms with Gasteiger partial charge in [-0.3, -0.25) is 4.79 Å². The minimum absolute atomic E-state index is 0.0341. The van der Waals surface area contributed by atoms with Gasteiger partial charge in [0.2, 0.25) is 0 Å². The van der Waals surface area contributed by atoms with Crippen LogP contribution >= 0.6 is 0 Å². The van der Waals surface area contributed by atoms with E-state index in [0.717, 1.165) is 10.4 Å². The van der Waals surface area contributed by atoms with Gasteiger partial charge in [-0.1, -0.05) is 86.5 Å². The van der Waals surface area contributed by atoms with E-state index in [1.807, 2.05) is 36.4 Å². The highest BCUT2D eigenvalue weighted by Crippen LogP contribution is 2.37. The third kappa shape index (κ3) is 4.27. The summed E-state index contributed by atoms with van der Waals surface area (Å²) in [6.07, 6.45) is -2.04. The van der Waals surface area contributed by atoms with Crippen LogP contribution in [-0.4, -0.2) is 44.2 Å². The van der Waals surface area contributed by atoms with Crippen LogP contribution in [0.15, 0.2) is 65.8 Å². The minimum Gasteiger partial charge on any atom is -0.459 e. The van der Waals surface area contributed by atoms with E-state index in [2.05, 4.69) is 55.1 Å². The summed E-state index contributed by atoms with van der Waals surface area (Å²) in [7, 11) is -2.84. The van der Waals surface area contributed by atoms with Crippen molar-refractivity contribution in [3.63, 3.8) is 0 Å². The smallest absolute Gasteiger partial charge is 0.308 e. The summed E-state index contributed by atoms with van der Waals surface area (Å²) in [4.78, 5) is 14.5. The number of benzene rings is 2. The van der Waals surface area contributed by atoms with Crippen LogP contribution in [-0.2, 0) is 14.0 Å². The molecule has 0 amide bonds. The Morgan fingerprint density at radius 1 is 1.17 bits per heavy atom. The van der Waals surface area contributed by atoms with Crippen LogP contribution < -0.4 is 10.4 Å². The zero-order valence-electron chi connectivity index (χ0n) is 17.4. The van der Waals surface area contributed by atoms with Gasteiger partial charge >= 0.3 is 5.97 Å². The van der Waals surface area contributed by atoms with Crippen LogP contribution in [0.25, 0.3) is 10.4 Å². The molecule has 30 heavy (non-hydrogen) atoms. The molecule has 2 aromatic rings. The summed E-state index contributed by atoms with van der Waals surface area (Å²) in [6.45, 7) is 6.47. The number of nitrogens with zero attached hydrogens (tertiary/aromatic N) is 3. The molecule has 0 aromatic heterocycles. The Labute approximate surface area is 177 Å². The van der Waals surface area contributed by atoms with E-state index < -0.39 is 32.5 Å².